The van der Waals surface area contributed by atoms with Gasteiger partial charge in [-0.2, -0.15) is 0 Å². The minimum atomic E-state index is -0.150. The Bertz CT molecular complexity index is 1030. The molecular weight excluding hydrogens is 392 g/mol. The third-order valence-corrected chi connectivity index (χ3v) is 5.73. The summed E-state index contributed by atoms with van der Waals surface area (Å²) in [5.41, 5.74) is 1.85. The standard InChI is InChI=1S/C20H22N4O4S/c1-12(14-4-5-16-17(10-14)28-9-8-27-16)21-18(25)11-29-20-23-22-19(24(20)3)15-6-7-26-13(15)2/h4-7,10,12H,8-9,11H2,1-3H3,(H,21,25)/t12-/m1/s1. The quantitative estimate of drug-likeness (QED) is 0.620. The van der Waals surface area contributed by atoms with Crippen LogP contribution in [0.2, 0.25) is 0 Å². The minimum absolute atomic E-state index is 0.0820. The molecule has 0 saturated heterocycles. The lowest BCUT2D eigenvalue weighted by Gasteiger charge is -2.21. The van der Waals surface area contributed by atoms with E-state index in [2.05, 4.69) is 15.5 Å². The fourth-order valence-electron chi connectivity index (χ4n) is 3.12. The van der Waals surface area contributed by atoms with Crippen LogP contribution in [0.4, 0.5) is 0 Å². The number of hydrogen-bond donors (Lipinski definition) is 1. The number of furan rings is 1. The molecule has 152 valence electrons. The van der Waals surface area contributed by atoms with Crippen LogP contribution in [0, 0.1) is 6.92 Å². The zero-order chi connectivity index (χ0) is 20.4. The summed E-state index contributed by atoms with van der Waals surface area (Å²) in [7, 11) is 1.87. The molecule has 0 spiro atoms. The van der Waals surface area contributed by atoms with E-state index in [1.54, 1.807) is 6.26 Å². The van der Waals surface area contributed by atoms with Crippen LogP contribution in [0.5, 0.6) is 11.5 Å². The fourth-order valence-corrected chi connectivity index (χ4v) is 3.84. The normalized spacial score (nSPS) is 13.9. The van der Waals surface area contributed by atoms with Gasteiger partial charge in [0, 0.05) is 7.05 Å². The maximum atomic E-state index is 12.4. The van der Waals surface area contributed by atoms with Gasteiger partial charge in [0.1, 0.15) is 19.0 Å². The van der Waals surface area contributed by atoms with Gasteiger partial charge in [-0.3, -0.25) is 4.79 Å². The number of amides is 1. The number of rotatable bonds is 6. The molecule has 3 aromatic rings. The van der Waals surface area contributed by atoms with Crippen molar-refractivity contribution in [2.75, 3.05) is 19.0 Å². The van der Waals surface area contributed by atoms with Crippen molar-refractivity contribution in [3.8, 4) is 22.9 Å². The zero-order valence-corrected chi connectivity index (χ0v) is 17.3. The first-order valence-corrected chi connectivity index (χ1v) is 10.3. The highest BCUT2D eigenvalue weighted by Gasteiger charge is 2.18. The SMILES string of the molecule is Cc1occc1-c1nnc(SCC(=O)N[C@H](C)c2ccc3c(c2)OCCO3)n1C. The summed E-state index contributed by atoms with van der Waals surface area (Å²) < 4.78 is 18.3. The summed E-state index contributed by atoms with van der Waals surface area (Å²) in [6.07, 6.45) is 1.62. The summed E-state index contributed by atoms with van der Waals surface area (Å²) in [5, 5.41) is 12.1. The van der Waals surface area contributed by atoms with Crippen molar-refractivity contribution in [1.82, 2.24) is 20.1 Å². The van der Waals surface area contributed by atoms with Gasteiger partial charge in [0.15, 0.2) is 22.5 Å². The fraction of sp³-hybridized carbons (Fsp3) is 0.350. The highest BCUT2D eigenvalue weighted by molar-refractivity contribution is 7.99. The Kier molecular flexibility index (Phi) is 5.48. The molecule has 0 radical (unpaired) electrons. The molecular formula is C20H22N4O4S. The summed E-state index contributed by atoms with van der Waals surface area (Å²) in [6.45, 7) is 4.91. The molecule has 1 aromatic carbocycles. The predicted molar refractivity (Wildman–Crippen MR) is 108 cm³/mol. The third-order valence-electron chi connectivity index (χ3n) is 4.71. The summed E-state index contributed by atoms with van der Waals surface area (Å²) in [5.74, 6) is 3.10. The molecule has 1 aliphatic rings. The Morgan fingerprint density at radius 1 is 1.24 bits per heavy atom. The molecule has 0 saturated carbocycles. The minimum Gasteiger partial charge on any atom is -0.486 e. The molecule has 3 heterocycles. The summed E-state index contributed by atoms with van der Waals surface area (Å²) in [6, 6.07) is 7.43. The van der Waals surface area contributed by atoms with E-state index >= 15 is 0 Å². The number of nitrogens with zero attached hydrogens (tertiary/aromatic N) is 3. The second-order valence-corrected chi connectivity index (χ2v) is 7.68. The number of ether oxygens (including phenoxy) is 2. The Morgan fingerprint density at radius 3 is 2.79 bits per heavy atom. The molecule has 9 heteroatoms. The largest absolute Gasteiger partial charge is 0.486 e. The van der Waals surface area contributed by atoms with Crippen molar-refractivity contribution < 1.29 is 18.7 Å². The Labute approximate surface area is 172 Å². The van der Waals surface area contributed by atoms with Gasteiger partial charge in [0.05, 0.1) is 23.6 Å². The average Bonchev–Trinajstić information content (AvgIpc) is 3.30. The van der Waals surface area contributed by atoms with Crippen LogP contribution in [0.25, 0.3) is 11.4 Å². The van der Waals surface area contributed by atoms with Crippen LogP contribution >= 0.6 is 11.8 Å². The third kappa shape index (κ3) is 4.09. The number of hydrogen-bond acceptors (Lipinski definition) is 7. The maximum absolute atomic E-state index is 12.4. The summed E-state index contributed by atoms with van der Waals surface area (Å²) >= 11 is 1.34. The number of thioether (sulfide) groups is 1. The van der Waals surface area contributed by atoms with Crippen LogP contribution in [-0.2, 0) is 11.8 Å². The van der Waals surface area contributed by atoms with Gasteiger partial charge in [0.2, 0.25) is 5.91 Å². The second-order valence-electron chi connectivity index (χ2n) is 6.74. The van der Waals surface area contributed by atoms with E-state index in [9.17, 15) is 4.79 Å². The van der Waals surface area contributed by atoms with Crippen molar-refractivity contribution in [2.24, 2.45) is 7.05 Å². The van der Waals surface area contributed by atoms with E-state index < -0.39 is 0 Å². The van der Waals surface area contributed by atoms with Crippen LogP contribution in [0.3, 0.4) is 0 Å². The molecule has 1 N–H and O–H groups in total. The number of benzene rings is 1. The molecule has 1 atom stereocenters. The van der Waals surface area contributed by atoms with E-state index in [-0.39, 0.29) is 17.7 Å². The van der Waals surface area contributed by atoms with Gasteiger partial charge >= 0.3 is 0 Å². The second kappa shape index (κ2) is 8.20. The number of carbonyl (C=O) groups is 1. The lowest BCUT2D eigenvalue weighted by molar-refractivity contribution is -0.119. The van der Waals surface area contributed by atoms with Gasteiger partial charge in [-0.15, -0.1) is 10.2 Å². The van der Waals surface area contributed by atoms with E-state index in [4.69, 9.17) is 13.9 Å². The Morgan fingerprint density at radius 2 is 2.03 bits per heavy atom. The van der Waals surface area contributed by atoms with Crippen LogP contribution in [0.1, 0.15) is 24.3 Å². The van der Waals surface area contributed by atoms with E-state index in [0.29, 0.717) is 29.9 Å². The number of nitrogens with one attached hydrogen (secondary N) is 1. The van der Waals surface area contributed by atoms with Gasteiger partial charge in [-0.05, 0) is 37.6 Å². The highest BCUT2D eigenvalue weighted by Crippen LogP contribution is 2.32. The molecule has 4 rings (SSSR count). The smallest absolute Gasteiger partial charge is 0.230 e. The van der Waals surface area contributed by atoms with E-state index in [0.717, 1.165) is 22.6 Å². The van der Waals surface area contributed by atoms with Gasteiger partial charge < -0.3 is 23.8 Å². The monoisotopic (exact) mass is 414 g/mol. The van der Waals surface area contributed by atoms with Crippen molar-refractivity contribution >= 4 is 17.7 Å². The van der Waals surface area contributed by atoms with Crippen LogP contribution < -0.4 is 14.8 Å². The van der Waals surface area contributed by atoms with Crippen LogP contribution in [0.15, 0.2) is 40.1 Å². The highest BCUT2D eigenvalue weighted by atomic mass is 32.2. The summed E-state index contributed by atoms with van der Waals surface area (Å²) in [4.78, 5) is 12.4. The molecule has 0 fully saturated rings. The topological polar surface area (TPSA) is 91.4 Å². The van der Waals surface area contributed by atoms with Gasteiger partial charge in [0.25, 0.3) is 0 Å². The van der Waals surface area contributed by atoms with E-state index in [1.807, 2.05) is 49.7 Å². The number of carbonyl (C=O) groups excluding carboxylic acids is 1. The van der Waals surface area contributed by atoms with Crippen molar-refractivity contribution in [1.29, 1.82) is 0 Å². The lowest BCUT2D eigenvalue weighted by atomic mass is 10.1. The lowest BCUT2D eigenvalue weighted by Crippen LogP contribution is -2.28. The van der Waals surface area contributed by atoms with Crippen molar-refractivity contribution in [3.63, 3.8) is 0 Å². The first-order valence-electron chi connectivity index (χ1n) is 9.28. The Balaban J connectivity index is 1.36. The number of fused-ring (bicyclic) bond motifs is 1. The molecule has 1 aliphatic heterocycles. The molecule has 0 bridgehead atoms. The number of aryl methyl sites for hydroxylation is 1. The maximum Gasteiger partial charge on any atom is 0.230 e. The van der Waals surface area contributed by atoms with Gasteiger partial charge in [-0.25, -0.2) is 0 Å². The Hall–Kier alpha value is -2.94. The zero-order valence-electron chi connectivity index (χ0n) is 16.5. The van der Waals surface area contributed by atoms with Crippen molar-refractivity contribution in [3.05, 3.63) is 41.9 Å². The molecule has 29 heavy (non-hydrogen) atoms. The first kappa shape index (κ1) is 19.4. The number of aromatic nitrogens is 3. The molecule has 1 amide bonds. The van der Waals surface area contributed by atoms with Crippen LogP contribution in [-0.4, -0.2) is 39.6 Å². The molecule has 2 aromatic heterocycles. The molecule has 0 unspecified atom stereocenters. The van der Waals surface area contributed by atoms with Gasteiger partial charge in [-0.1, -0.05) is 17.8 Å². The predicted octanol–water partition coefficient (Wildman–Crippen LogP) is 3.12. The first-order chi connectivity index (χ1) is 14.0. The average molecular weight is 414 g/mol. The van der Waals surface area contributed by atoms with E-state index in [1.165, 1.54) is 11.8 Å². The molecule has 8 nitrogen and oxygen atoms in total. The van der Waals surface area contributed by atoms with Crippen molar-refractivity contribution in [2.45, 2.75) is 25.0 Å². The molecule has 0 aliphatic carbocycles.